The fraction of sp³-hybridized carbons (Fsp3) is 0.143. The Bertz CT molecular complexity index is 1720. The number of anilines is 1. The number of rotatable bonds is 7. The summed E-state index contributed by atoms with van der Waals surface area (Å²) in [4.78, 5) is 0. The normalized spacial score (nSPS) is 11.9. The second-order valence-corrected chi connectivity index (χ2v) is 10.1. The minimum absolute atomic E-state index is 0. The molecule has 1 aromatic heterocycles. The molecule has 0 saturated carbocycles. The van der Waals surface area contributed by atoms with E-state index < -0.39 is 6.10 Å². The Morgan fingerprint density at radius 2 is 1.36 bits per heavy atom. The maximum absolute atomic E-state index is 11.4. The quantitative estimate of drug-likeness (QED) is 0.216. The van der Waals surface area contributed by atoms with Crippen molar-refractivity contribution in [3.05, 3.63) is 126 Å². The smallest absolute Gasteiger partial charge is 0.0891 e. The number of hydrogen-bond donors (Lipinski definition) is 2. The molecule has 0 radical (unpaired) electrons. The van der Waals surface area contributed by atoms with Gasteiger partial charge in [0.1, 0.15) is 0 Å². The van der Waals surface area contributed by atoms with E-state index in [1.54, 1.807) is 0 Å². The third kappa shape index (κ3) is 5.16. The SMILES string of the molecule is Cc1ccc(NCC(O)Cn2c(-c3ccccc3)c(-c3ccccc3)c3ccc4ccccc4c32)cc1C.Cl. The third-order valence-electron chi connectivity index (χ3n) is 7.50. The monoisotopic (exact) mass is 532 g/mol. The lowest BCUT2D eigenvalue weighted by molar-refractivity contribution is 0.169. The molecule has 2 N–H and O–H groups in total. The molecule has 0 aliphatic heterocycles. The zero-order valence-electron chi connectivity index (χ0n) is 22.3. The van der Waals surface area contributed by atoms with Crippen LogP contribution in [0.2, 0.25) is 0 Å². The van der Waals surface area contributed by atoms with Gasteiger partial charge in [0.2, 0.25) is 0 Å². The Hall–Kier alpha value is -4.05. The van der Waals surface area contributed by atoms with Gasteiger partial charge >= 0.3 is 0 Å². The van der Waals surface area contributed by atoms with E-state index in [-0.39, 0.29) is 12.4 Å². The van der Waals surface area contributed by atoms with Crippen LogP contribution in [0, 0.1) is 13.8 Å². The second kappa shape index (κ2) is 11.4. The van der Waals surface area contributed by atoms with E-state index in [0.29, 0.717) is 13.1 Å². The van der Waals surface area contributed by atoms with Gasteiger partial charge in [-0.1, -0.05) is 103 Å². The lowest BCUT2D eigenvalue weighted by Gasteiger charge is -2.19. The van der Waals surface area contributed by atoms with Gasteiger partial charge < -0.3 is 15.0 Å². The molecule has 0 bridgehead atoms. The average molecular weight is 533 g/mol. The van der Waals surface area contributed by atoms with Gasteiger partial charge in [0.15, 0.2) is 0 Å². The highest BCUT2D eigenvalue weighted by Crippen LogP contribution is 2.43. The van der Waals surface area contributed by atoms with E-state index in [1.165, 1.54) is 38.4 Å². The molecule has 0 amide bonds. The maximum atomic E-state index is 11.4. The summed E-state index contributed by atoms with van der Waals surface area (Å²) in [7, 11) is 0. The Balaban J connectivity index is 0.00000308. The standard InChI is InChI=1S/C35H32N2O.ClH/c1-24-17-19-29(21-25(24)2)36-22-30(38)23-37-34(28-14-7-4-8-15-28)33(27-12-5-3-6-13-27)32-20-18-26-11-9-10-16-31(26)35(32)37;/h3-21,30,36,38H,22-23H2,1-2H3;1H. The van der Waals surface area contributed by atoms with Crippen LogP contribution < -0.4 is 5.32 Å². The van der Waals surface area contributed by atoms with E-state index in [0.717, 1.165) is 22.5 Å². The summed E-state index contributed by atoms with van der Waals surface area (Å²) in [5.74, 6) is 0. The van der Waals surface area contributed by atoms with Crippen LogP contribution >= 0.6 is 12.4 Å². The van der Waals surface area contributed by atoms with Gasteiger partial charge in [0.05, 0.1) is 23.9 Å². The summed E-state index contributed by atoms with van der Waals surface area (Å²) in [6, 6.07) is 40.5. The van der Waals surface area contributed by atoms with E-state index in [9.17, 15) is 5.11 Å². The number of fused-ring (bicyclic) bond motifs is 3. The number of aromatic nitrogens is 1. The van der Waals surface area contributed by atoms with Crippen LogP contribution in [0.4, 0.5) is 5.69 Å². The van der Waals surface area contributed by atoms with Crippen molar-refractivity contribution in [1.82, 2.24) is 4.57 Å². The minimum Gasteiger partial charge on any atom is -0.389 e. The first-order valence-electron chi connectivity index (χ1n) is 13.2. The predicted molar refractivity (Wildman–Crippen MR) is 168 cm³/mol. The molecule has 0 fully saturated rings. The van der Waals surface area contributed by atoms with Crippen molar-refractivity contribution in [1.29, 1.82) is 0 Å². The van der Waals surface area contributed by atoms with E-state index >= 15 is 0 Å². The van der Waals surface area contributed by atoms with E-state index in [4.69, 9.17) is 0 Å². The highest BCUT2D eigenvalue weighted by molar-refractivity contribution is 6.15. The first kappa shape index (κ1) is 26.6. The summed E-state index contributed by atoms with van der Waals surface area (Å²) in [5.41, 5.74) is 9.34. The second-order valence-electron chi connectivity index (χ2n) is 10.1. The summed E-state index contributed by atoms with van der Waals surface area (Å²) >= 11 is 0. The Morgan fingerprint density at radius 3 is 2.08 bits per heavy atom. The van der Waals surface area contributed by atoms with Crippen LogP contribution in [0.15, 0.2) is 115 Å². The highest BCUT2D eigenvalue weighted by Gasteiger charge is 2.23. The van der Waals surface area contributed by atoms with Gasteiger partial charge in [-0.3, -0.25) is 0 Å². The topological polar surface area (TPSA) is 37.2 Å². The molecule has 5 aromatic carbocycles. The van der Waals surface area contributed by atoms with Gasteiger partial charge in [0.25, 0.3) is 0 Å². The molecule has 1 heterocycles. The Kier molecular flexibility index (Phi) is 7.74. The van der Waals surface area contributed by atoms with Crippen molar-refractivity contribution in [3.8, 4) is 22.4 Å². The number of hydrogen-bond acceptors (Lipinski definition) is 2. The number of halogens is 1. The molecule has 196 valence electrons. The number of nitrogens with one attached hydrogen (secondary N) is 1. The minimum atomic E-state index is -0.586. The largest absolute Gasteiger partial charge is 0.389 e. The molecular weight excluding hydrogens is 500 g/mol. The zero-order valence-corrected chi connectivity index (χ0v) is 23.1. The molecule has 3 nitrogen and oxygen atoms in total. The first-order chi connectivity index (χ1) is 18.6. The van der Waals surface area contributed by atoms with Crippen LogP contribution in [-0.2, 0) is 6.54 Å². The summed E-state index contributed by atoms with van der Waals surface area (Å²) in [5, 5.41) is 18.4. The average Bonchev–Trinajstić information content (AvgIpc) is 3.29. The predicted octanol–water partition coefficient (Wildman–Crippen LogP) is 8.64. The summed E-state index contributed by atoms with van der Waals surface area (Å²) < 4.78 is 2.34. The molecule has 0 spiro atoms. The molecule has 6 aromatic rings. The molecule has 39 heavy (non-hydrogen) atoms. The van der Waals surface area contributed by atoms with Crippen molar-refractivity contribution in [2.24, 2.45) is 0 Å². The van der Waals surface area contributed by atoms with Crippen molar-refractivity contribution in [2.45, 2.75) is 26.5 Å². The van der Waals surface area contributed by atoms with Crippen LogP contribution in [0.5, 0.6) is 0 Å². The number of aryl methyl sites for hydroxylation is 2. The molecule has 0 saturated heterocycles. The summed E-state index contributed by atoms with van der Waals surface area (Å²) in [6.07, 6.45) is -0.586. The number of benzene rings is 5. The zero-order chi connectivity index (χ0) is 26.1. The molecular formula is C35H33ClN2O. The van der Waals surface area contributed by atoms with E-state index in [1.807, 2.05) is 0 Å². The van der Waals surface area contributed by atoms with Crippen molar-refractivity contribution in [3.63, 3.8) is 0 Å². The molecule has 0 aliphatic carbocycles. The van der Waals surface area contributed by atoms with Crippen LogP contribution in [0.3, 0.4) is 0 Å². The number of nitrogens with zero attached hydrogens (tertiary/aromatic N) is 1. The lowest BCUT2D eigenvalue weighted by Crippen LogP contribution is -2.25. The van der Waals surface area contributed by atoms with Crippen molar-refractivity contribution < 1.29 is 5.11 Å². The van der Waals surface area contributed by atoms with Gasteiger partial charge in [-0.15, -0.1) is 12.4 Å². The first-order valence-corrected chi connectivity index (χ1v) is 13.2. The van der Waals surface area contributed by atoms with Crippen molar-refractivity contribution >= 4 is 39.8 Å². The molecule has 6 rings (SSSR count). The summed E-state index contributed by atoms with van der Waals surface area (Å²) in [6.45, 7) is 5.16. The van der Waals surface area contributed by atoms with Crippen LogP contribution in [0.1, 0.15) is 11.1 Å². The fourth-order valence-electron chi connectivity index (χ4n) is 5.46. The number of aliphatic hydroxyl groups excluding tert-OH is 1. The highest BCUT2D eigenvalue weighted by atomic mass is 35.5. The Morgan fingerprint density at radius 1 is 0.692 bits per heavy atom. The van der Waals surface area contributed by atoms with Crippen LogP contribution in [-0.4, -0.2) is 22.3 Å². The van der Waals surface area contributed by atoms with Crippen molar-refractivity contribution in [2.75, 3.05) is 11.9 Å². The molecule has 1 unspecified atom stereocenters. The fourth-order valence-corrected chi connectivity index (χ4v) is 5.46. The molecule has 1 atom stereocenters. The van der Waals surface area contributed by atoms with Gasteiger partial charge in [0, 0.05) is 28.6 Å². The Labute approximate surface area is 236 Å². The van der Waals surface area contributed by atoms with Gasteiger partial charge in [-0.2, -0.15) is 0 Å². The van der Waals surface area contributed by atoms with Crippen LogP contribution in [0.25, 0.3) is 44.1 Å². The van der Waals surface area contributed by atoms with E-state index in [2.05, 4.69) is 139 Å². The lowest BCUT2D eigenvalue weighted by atomic mass is 9.97. The maximum Gasteiger partial charge on any atom is 0.0891 e. The van der Waals surface area contributed by atoms with Gasteiger partial charge in [-0.05, 0) is 53.6 Å². The number of aliphatic hydroxyl groups is 1. The van der Waals surface area contributed by atoms with Gasteiger partial charge in [-0.25, -0.2) is 0 Å². The third-order valence-corrected chi connectivity index (χ3v) is 7.50. The molecule has 0 aliphatic rings. The molecule has 4 heteroatoms.